The zero-order valence-electron chi connectivity index (χ0n) is 17.4. The van der Waals surface area contributed by atoms with Gasteiger partial charge in [0.1, 0.15) is 11.5 Å². The molecule has 8 nitrogen and oxygen atoms in total. The fourth-order valence-electron chi connectivity index (χ4n) is 3.36. The Morgan fingerprint density at radius 2 is 1.63 bits per heavy atom. The Kier molecular flexibility index (Phi) is 6.64. The Labute approximate surface area is 176 Å². The number of benzene rings is 2. The molecule has 3 rings (SSSR count). The second kappa shape index (κ2) is 9.03. The lowest BCUT2D eigenvalue weighted by molar-refractivity contribution is -0.0440. The van der Waals surface area contributed by atoms with Crippen LogP contribution >= 0.6 is 0 Å². The van der Waals surface area contributed by atoms with Crippen LogP contribution in [0.1, 0.15) is 24.2 Å². The molecule has 162 valence electrons. The van der Waals surface area contributed by atoms with Crippen molar-refractivity contribution in [2.75, 3.05) is 32.6 Å². The van der Waals surface area contributed by atoms with Gasteiger partial charge in [0.2, 0.25) is 10.0 Å². The number of carbonyl (C=O) groups is 1. The van der Waals surface area contributed by atoms with Gasteiger partial charge in [0.15, 0.2) is 0 Å². The zero-order chi connectivity index (χ0) is 21.9. The van der Waals surface area contributed by atoms with Gasteiger partial charge in [-0.05, 0) is 32.0 Å². The van der Waals surface area contributed by atoms with E-state index in [-0.39, 0.29) is 35.8 Å². The van der Waals surface area contributed by atoms with E-state index in [1.807, 2.05) is 13.8 Å². The Morgan fingerprint density at radius 1 is 1.03 bits per heavy atom. The highest BCUT2D eigenvalue weighted by molar-refractivity contribution is 7.89. The number of rotatable bonds is 6. The Morgan fingerprint density at radius 3 is 2.20 bits per heavy atom. The van der Waals surface area contributed by atoms with E-state index in [0.29, 0.717) is 17.2 Å². The fraction of sp³-hybridized carbons (Fsp3) is 0.381. The average Bonchev–Trinajstić information content (AvgIpc) is 2.72. The highest BCUT2D eigenvalue weighted by Crippen LogP contribution is 2.27. The van der Waals surface area contributed by atoms with Crippen molar-refractivity contribution in [1.29, 1.82) is 0 Å². The Bertz CT molecular complexity index is 992. The van der Waals surface area contributed by atoms with E-state index in [1.165, 1.54) is 30.7 Å². The van der Waals surface area contributed by atoms with Crippen molar-refractivity contribution in [1.82, 2.24) is 4.31 Å². The lowest BCUT2D eigenvalue weighted by Gasteiger charge is -2.34. The van der Waals surface area contributed by atoms with Gasteiger partial charge in [-0.25, -0.2) is 8.42 Å². The van der Waals surface area contributed by atoms with E-state index < -0.39 is 15.9 Å². The number of morpholine rings is 1. The van der Waals surface area contributed by atoms with Gasteiger partial charge < -0.3 is 19.5 Å². The molecule has 0 aliphatic carbocycles. The van der Waals surface area contributed by atoms with Crippen molar-refractivity contribution >= 4 is 21.6 Å². The minimum absolute atomic E-state index is 0.0691. The number of anilines is 1. The smallest absolute Gasteiger partial charge is 0.255 e. The molecular formula is C21H26N2O6S. The van der Waals surface area contributed by atoms with Crippen LogP contribution in [0.5, 0.6) is 11.5 Å². The van der Waals surface area contributed by atoms with Crippen LogP contribution in [0, 0.1) is 0 Å². The molecule has 2 aromatic rings. The molecule has 1 aliphatic heterocycles. The Balaban J connectivity index is 1.84. The van der Waals surface area contributed by atoms with Crippen LogP contribution in [0.25, 0.3) is 0 Å². The molecule has 1 amide bonds. The van der Waals surface area contributed by atoms with Gasteiger partial charge in [0, 0.05) is 42.5 Å². The third-order valence-corrected chi connectivity index (χ3v) is 6.56. The molecule has 1 heterocycles. The highest BCUT2D eigenvalue weighted by Gasteiger charge is 2.32. The van der Waals surface area contributed by atoms with Crippen LogP contribution in [0.2, 0.25) is 0 Å². The normalized spacial score (nSPS) is 19.9. The topological polar surface area (TPSA) is 94.2 Å². The molecule has 0 unspecified atom stereocenters. The largest absolute Gasteiger partial charge is 0.497 e. The SMILES string of the molecule is COc1cc(NC(=O)c2cccc(S(=O)(=O)N3C[C@@H](C)O[C@H](C)C3)c2)cc(OC)c1. The number of carbonyl (C=O) groups excluding carboxylic acids is 1. The van der Waals surface area contributed by atoms with Crippen LogP contribution in [-0.4, -0.2) is 58.1 Å². The van der Waals surface area contributed by atoms with Gasteiger partial charge in [0.05, 0.1) is 31.3 Å². The predicted molar refractivity (Wildman–Crippen MR) is 113 cm³/mol. The van der Waals surface area contributed by atoms with E-state index >= 15 is 0 Å². The molecule has 0 aromatic heterocycles. The molecule has 9 heteroatoms. The van der Waals surface area contributed by atoms with Crippen LogP contribution in [0.15, 0.2) is 47.4 Å². The number of hydrogen-bond donors (Lipinski definition) is 1. The summed E-state index contributed by atoms with van der Waals surface area (Å²) in [6, 6.07) is 11.0. The number of ether oxygens (including phenoxy) is 3. The monoisotopic (exact) mass is 434 g/mol. The molecule has 1 N–H and O–H groups in total. The number of hydrogen-bond acceptors (Lipinski definition) is 6. The molecule has 0 radical (unpaired) electrons. The number of nitrogens with one attached hydrogen (secondary N) is 1. The number of amides is 1. The maximum Gasteiger partial charge on any atom is 0.255 e. The minimum Gasteiger partial charge on any atom is -0.497 e. The van der Waals surface area contributed by atoms with Crippen molar-refractivity contribution in [2.24, 2.45) is 0 Å². The quantitative estimate of drug-likeness (QED) is 0.751. The first-order chi connectivity index (χ1) is 14.2. The van der Waals surface area contributed by atoms with Crippen LogP contribution < -0.4 is 14.8 Å². The van der Waals surface area contributed by atoms with Crippen molar-refractivity contribution < 1.29 is 27.4 Å². The first kappa shape index (κ1) is 22.1. The average molecular weight is 435 g/mol. The van der Waals surface area contributed by atoms with Gasteiger partial charge in [-0.15, -0.1) is 0 Å². The molecule has 1 saturated heterocycles. The van der Waals surface area contributed by atoms with E-state index in [0.717, 1.165) is 0 Å². The Hall–Kier alpha value is -2.62. The number of nitrogens with zero attached hydrogens (tertiary/aromatic N) is 1. The summed E-state index contributed by atoms with van der Waals surface area (Å²) in [4.78, 5) is 12.8. The summed E-state index contributed by atoms with van der Waals surface area (Å²) >= 11 is 0. The van der Waals surface area contributed by atoms with Crippen molar-refractivity contribution in [3.8, 4) is 11.5 Å². The van der Waals surface area contributed by atoms with Crippen molar-refractivity contribution in [2.45, 2.75) is 31.0 Å². The second-order valence-electron chi connectivity index (χ2n) is 7.16. The van der Waals surface area contributed by atoms with Gasteiger partial charge >= 0.3 is 0 Å². The molecule has 30 heavy (non-hydrogen) atoms. The first-order valence-corrected chi connectivity index (χ1v) is 11.0. The van der Waals surface area contributed by atoms with Crippen LogP contribution in [0.4, 0.5) is 5.69 Å². The molecular weight excluding hydrogens is 408 g/mol. The molecule has 0 bridgehead atoms. The predicted octanol–water partition coefficient (Wildman–Crippen LogP) is 2.75. The molecule has 2 aromatic carbocycles. The number of sulfonamides is 1. The van der Waals surface area contributed by atoms with Crippen molar-refractivity contribution in [3.63, 3.8) is 0 Å². The highest BCUT2D eigenvalue weighted by atomic mass is 32.2. The van der Waals surface area contributed by atoms with Gasteiger partial charge in [-0.1, -0.05) is 6.07 Å². The second-order valence-corrected chi connectivity index (χ2v) is 9.10. The molecule has 1 fully saturated rings. The van der Waals surface area contributed by atoms with Crippen molar-refractivity contribution in [3.05, 3.63) is 48.0 Å². The summed E-state index contributed by atoms with van der Waals surface area (Å²) in [5, 5.41) is 2.75. The molecule has 2 atom stereocenters. The molecule has 1 aliphatic rings. The summed E-state index contributed by atoms with van der Waals surface area (Å²) in [5.74, 6) is 0.610. The lowest BCUT2D eigenvalue weighted by Crippen LogP contribution is -2.48. The van der Waals surface area contributed by atoms with Gasteiger partial charge in [-0.2, -0.15) is 4.31 Å². The molecule has 0 spiro atoms. The molecule has 0 saturated carbocycles. The number of methoxy groups -OCH3 is 2. The maximum absolute atomic E-state index is 13.1. The van der Waals surface area contributed by atoms with Gasteiger partial charge in [0.25, 0.3) is 5.91 Å². The van der Waals surface area contributed by atoms with Crippen LogP contribution in [0.3, 0.4) is 0 Å². The summed E-state index contributed by atoms with van der Waals surface area (Å²) in [6.07, 6.45) is -0.393. The summed E-state index contributed by atoms with van der Waals surface area (Å²) in [7, 11) is -0.713. The fourth-order valence-corrected chi connectivity index (χ4v) is 4.99. The van der Waals surface area contributed by atoms with Crippen LogP contribution in [-0.2, 0) is 14.8 Å². The maximum atomic E-state index is 13.1. The van der Waals surface area contributed by atoms with Gasteiger partial charge in [-0.3, -0.25) is 4.79 Å². The third-order valence-electron chi connectivity index (χ3n) is 4.73. The standard InChI is InChI=1S/C21H26N2O6S/c1-14-12-23(13-15(2)29-14)30(25,26)20-7-5-6-16(8-20)21(24)22-17-9-18(27-3)11-19(10-17)28-4/h5-11,14-15H,12-13H2,1-4H3,(H,22,24)/t14-,15-/m1/s1. The summed E-state index contributed by atoms with van der Waals surface area (Å²) in [5.41, 5.74) is 0.701. The zero-order valence-corrected chi connectivity index (χ0v) is 18.2. The van der Waals surface area contributed by atoms with E-state index in [9.17, 15) is 13.2 Å². The van der Waals surface area contributed by atoms with E-state index in [2.05, 4.69) is 5.32 Å². The third kappa shape index (κ3) is 4.92. The first-order valence-electron chi connectivity index (χ1n) is 9.53. The lowest BCUT2D eigenvalue weighted by atomic mass is 10.2. The summed E-state index contributed by atoms with van der Waals surface area (Å²) in [6.45, 7) is 4.22. The van der Waals surface area contributed by atoms with E-state index in [4.69, 9.17) is 14.2 Å². The summed E-state index contributed by atoms with van der Waals surface area (Å²) < 4.78 is 43.6. The van der Waals surface area contributed by atoms with E-state index in [1.54, 1.807) is 30.3 Å². The minimum atomic E-state index is -3.74.